The molecule has 0 spiro atoms. The number of rotatable bonds is 3. The molecule has 104 valence electrons. The fourth-order valence-electron chi connectivity index (χ4n) is 2.27. The highest BCUT2D eigenvalue weighted by atomic mass is 35.5. The van der Waals surface area contributed by atoms with Gasteiger partial charge in [-0.25, -0.2) is 0 Å². The number of benzene rings is 2. The number of hydrogen-bond acceptors (Lipinski definition) is 1. The van der Waals surface area contributed by atoms with E-state index < -0.39 is 0 Å². The Balaban J connectivity index is 2.02. The number of Topliss-reactive ketones (excluding diaryl/α,β-unsaturated/α-hetero) is 1. The quantitative estimate of drug-likeness (QED) is 0.400. The van der Waals surface area contributed by atoms with Gasteiger partial charge in [-0.1, -0.05) is 60.1 Å². The Morgan fingerprint density at radius 1 is 0.905 bits per heavy atom. The molecule has 0 aliphatic rings. The van der Waals surface area contributed by atoms with Crippen LogP contribution in [0.2, 0.25) is 10.2 Å². The van der Waals surface area contributed by atoms with Crippen molar-refractivity contribution in [3.8, 4) is 0 Å². The van der Waals surface area contributed by atoms with Crippen LogP contribution >= 0.6 is 23.2 Å². The molecule has 0 bridgehead atoms. The summed E-state index contributed by atoms with van der Waals surface area (Å²) in [7, 11) is 0. The molecule has 3 rings (SSSR count). The highest BCUT2D eigenvalue weighted by Crippen LogP contribution is 2.26. The fraction of sp³-hybridized carbons (Fsp3) is 0.0588. The first-order valence-corrected chi connectivity index (χ1v) is 7.27. The van der Waals surface area contributed by atoms with E-state index in [1.807, 2.05) is 42.5 Å². The Labute approximate surface area is 132 Å². The third-order valence-corrected chi connectivity index (χ3v) is 4.06. The van der Waals surface area contributed by atoms with Gasteiger partial charge in [0.05, 0.1) is 5.39 Å². The Hall–Kier alpha value is -1.90. The number of aromatic nitrogens is 1. The average molecular weight is 317 g/mol. The molecular weight excluding hydrogens is 305 g/mol. The van der Waals surface area contributed by atoms with E-state index in [0.717, 1.165) is 10.8 Å². The summed E-state index contributed by atoms with van der Waals surface area (Å²) in [4.78, 5) is 12.3. The highest BCUT2D eigenvalue weighted by molar-refractivity contribution is 6.38. The molecule has 0 N–H and O–H groups in total. The molecule has 0 aliphatic heterocycles. The molecule has 0 saturated heterocycles. The first kappa shape index (κ1) is 14.1. The molecule has 0 aliphatic carbocycles. The fourth-order valence-corrected chi connectivity index (χ4v) is 2.83. The van der Waals surface area contributed by atoms with E-state index in [1.165, 1.54) is 0 Å². The molecule has 0 unspecified atom stereocenters. The minimum atomic E-state index is -0.00570. The Morgan fingerprint density at radius 2 is 1.52 bits per heavy atom. The van der Waals surface area contributed by atoms with Crippen LogP contribution in [0.3, 0.4) is 0 Å². The standard InChI is InChI=1S/C17H12Cl2NO/c18-15-10-20(11-16(21)12-6-2-1-3-7-12)17(19)14-9-5-4-8-13(14)15/h1-10H,11H2/q+1. The highest BCUT2D eigenvalue weighted by Gasteiger charge is 2.20. The lowest BCUT2D eigenvalue weighted by molar-refractivity contribution is -0.679. The first-order valence-electron chi connectivity index (χ1n) is 6.51. The van der Waals surface area contributed by atoms with Gasteiger partial charge in [0.25, 0.3) is 5.15 Å². The van der Waals surface area contributed by atoms with Gasteiger partial charge in [0.1, 0.15) is 5.02 Å². The molecule has 0 fully saturated rings. The van der Waals surface area contributed by atoms with Gasteiger partial charge in [-0.15, -0.1) is 0 Å². The number of nitrogens with zero attached hydrogens (tertiary/aromatic N) is 1. The largest absolute Gasteiger partial charge is 0.287 e. The number of halogens is 2. The molecule has 0 atom stereocenters. The second-order valence-electron chi connectivity index (χ2n) is 4.73. The second kappa shape index (κ2) is 5.84. The second-order valence-corrected chi connectivity index (χ2v) is 5.50. The van der Waals surface area contributed by atoms with Crippen LogP contribution in [0.25, 0.3) is 10.8 Å². The van der Waals surface area contributed by atoms with E-state index in [2.05, 4.69) is 0 Å². The molecule has 4 heteroatoms. The lowest BCUT2D eigenvalue weighted by Gasteiger charge is -2.04. The van der Waals surface area contributed by atoms with Crippen molar-refractivity contribution in [2.75, 3.05) is 0 Å². The Bertz CT molecular complexity index is 816. The molecular formula is C17H12Cl2NO+. The predicted molar refractivity (Wildman–Crippen MR) is 84.9 cm³/mol. The van der Waals surface area contributed by atoms with Crippen LogP contribution in [-0.2, 0) is 6.54 Å². The first-order chi connectivity index (χ1) is 10.2. The summed E-state index contributed by atoms with van der Waals surface area (Å²) in [6.07, 6.45) is 1.70. The van der Waals surface area contributed by atoms with Gasteiger partial charge >= 0.3 is 0 Å². The number of hydrogen-bond donors (Lipinski definition) is 0. The number of carbonyl (C=O) groups is 1. The van der Waals surface area contributed by atoms with Gasteiger partial charge in [-0.2, -0.15) is 4.57 Å². The summed E-state index contributed by atoms with van der Waals surface area (Å²) in [5, 5.41) is 2.82. The van der Waals surface area contributed by atoms with Crippen LogP contribution in [0.1, 0.15) is 10.4 Å². The molecule has 0 saturated carbocycles. The zero-order valence-electron chi connectivity index (χ0n) is 11.1. The summed E-state index contributed by atoms with van der Waals surface area (Å²) >= 11 is 12.7. The van der Waals surface area contributed by atoms with Gasteiger partial charge in [0, 0.05) is 10.9 Å². The molecule has 0 radical (unpaired) electrons. The zero-order valence-corrected chi connectivity index (χ0v) is 12.6. The van der Waals surface area contributed by atoms with E-state index in [-0.39, 0.29) is 12.3 Å². The smallest absolute Gasteiger partial charge is 0.283 e. The van der Waals surface area contributed by atoms with Gasteiger partial charge < -0.3 is 0 Å². The van der Waals surface area contributed by atoms with Gasteiger partial charge in [-0.05, 0) is 17.7 Å². The topological polar surface area (TPSA) is 20.9 Å². The van der Waals surface area contributed by atoms with Gasteiger partial charge in [-0.3, -0.25) is 4.79 Å². The summed E-state index contributed by atoms with van der Waals surface area (Å²) in [5.74, 6) is -0.00570. The molecule has 3 aromatic rings. The van der Waals surface area contributed by atoms with Crippen LogP contribution in [0.4, 0.5) is 0 Å². The lowest BCUT2D eigenvalue weighted by atomic mass is 10.1. The van der Waals surface area contributed by atoms with Crippen LogP contribution in [0.5, 0.6) is 0 Å². The minimum Gasteiger partial charge on any atom is -0.287 e. The number of carbonyl (C=O) groups excluding carboxylic acids is 1. The number of ketones is 1. The van der Waals surface area contributed by atoms with Crippen molar-refractivity contribution < 1.29 is 9.36 Å². The summed E-state index contributed by atoms with van der Waals surface area (Å²) in [6, 6.07) is 16.8. The molecule has 1 heterocycles. The van der Waals surface area contributed by atoms with Crippen molar-refractivity contribution in [3.63, 3.8) is 0 Å². The van der Waals surface area contributed by atoms with E-state index >= 15 is 0 Å². The van der Waals surface area contributed by atoms with Crippen molar-refractivity contribution in [3.05, 3.63) is 76.5 Å². The van der Waals surface area contributed by atoms with Gasteiger partial charge in [0.15, 0.2) is 6.20 Å². The monoisotopic (exact) mass is 316 g/mol. The third kappa shape index (κ3) is 2.78. The number of fused-ring (bicyclic) bond motifs is 1. The minimum absolute atomic E-state index is 0.00570. The van der Waals surface area contributed by atoms with Crippen molar-refractivity contribution in [1.29, 1.82) is 0 Å². The Morgan fingerprint density at radius 3 is 2.24 bits per heavy atom. The molecule has 21 heavy (non-hydrogen) atoms. The SMILES string of the molecule is O=C(C[n+]1cc(Cl)c2ccccc2c1Cl)c1ccccc1. The maximum atomic E-state index is 12.3. The van der Waals surface area contributed by atoms with Crippen LogP contribution in [0.15, 0.2) is 60.8 Å². The molecule has 2 nitrogen and oxygen atoms in total. The average Bonchev–Trinajstić information content (AvgIpc) is 2.53. The van der Waals surface area contributed by atoms with Crippen molar-refractivity contribution in [2.24, 2.45) is 0 Å². The molecule has 0 amide bonds. The molecule has 2 aromatic carbocycles. The van der Waals surface area contributed by atoms with E-state index in [0.29, 0.717) is 15.7 Å². The van der Waals surface area contributed by atoms with E-state index in [9.17, 15) is 4.79 Å². The van der Waals surface area contributed by atoms with Gasteiger partial charge in [0.2, 0.25) is 12.3 Å². The maximum Gasteiger partial charge on any atom is 0.283 e. The molecule has 1 aromatic heterocycles. The van der Waals surface area contributed by atoms with E-state index in [1.54, 1.807) is 22.9 Å². The van der Waals surface area contributed by atoms with E-state index in [4.69, 9.17) is 23.2 Å². The van der Waals surface area contributed by atoms with Crippen molar-refractivity contribution in [1.82, 2.24) is 0 Å². The summed E-state index contributed by atoms with van der Waals surface area (Å²) in [5.41, 5.74) is 0.658. The van der Waals surface area contributed by atoms with Crippen LogP contribution in [-0.4, -0.2) is 5.78 Å². The zero-order chi connectivity index (χ0) is 14.8. The summed E-state index contributed by atoms with van der Waals surface area (Å²) < 4.78 is 1.68. The lowest BCUT2D eigenvalue weighted by Crippen LogP contribution is -2.39. The number of pyridine rings is 1. The third-order valence-electron chi connectivity index (χ3n) is 3.34. The normalized spacial score (nSPS) is 10.8. The van der Waals surface area contributed by atoms with Crippen molar-refractivity contribution in [2.45, 2.75) is 6.54 Å². The Kier molecular flexibility index (Phi) is 3.91. The summed E-state index contributed by atoms with van der Waals surface area (Å²) in [6.45, 7) is 0.160. The predicted octanol–water partition coefficient (Wildman–Crippen LogP) is 4.32. The maximum absolute atomic E-state index is 12.3. The van der Waals surface area contributed by atoms with Crippen LogP contribution < -0.4 is 4.57 Å². The van der Waals surface area contributed by atoms with Crippen LogP contribution in [0, 0.1) is 0 Å². The van der Waals surface area contributed by atoms with Crippen molar-refractivity contribution >= 4 is 39.8 Å².